The van der Waals surface area contributed by atoms with E-state index in [-0.39, 0.29) is 0 Å². The van der Waals surface area contributed by atoms with Gasteiger partial charge in [0.15, 0.2) is 0 Å². The maximum Gasteiger partial charge on any atom is 0.408 e. The molecule has 0 heterocycles. The fourth-order valence-corrected chi connectivity index (χ4v) is 3.31. The lowest BCUT2D eigenvalue weighted by molar-refractivity contribution is -0.143. The second kappa shape index (κ2) is 8.94. The van der Waals surface area contributed by atoms with Crippen LogP contribution in [-0.4, -0.2) is 35.6 Å². The first kappa shape index (κ1) is 21.8. The predicted octanol–water partition coefficient (Wildman–Crippen LogP) is 4.53. The Morgan fingerprint density at radius 1 is 1.16 bits per heavy atom. The molecule has 0 aliphatic heterocycles. The molecule has 1 aromatic carbocycles. The Labute approximate surface area is 162 Å². The van der Waals surface area contributed by atoms with E-state index in [1.54, 1.807) is 32.5 Å². The van der Waals surface area contributed by atoms with Gasteiger partial charge < -0.3 is 14.8 Å². The number of amides is 1. The van der Waals surface area contributed by atoms with Crippen molar-refractivity contribution in [2.75, 3.05) is 7.11 Å². The molecular formula is C18H26BrNO4S. The van der Waals surface area contributed by atoms with Crippen LogP contribution in [0.15, 0.2) is 28.7 Å². The van der Waals surface area contributed by atoms with E-state index in [2.05, 4.69) is 21.2 Å². The van der Waals surface area contributed by atoms with Crippen molar-refractivity contribution in [1.82, 2.24) is 5.32 Å². The summed E-state index contributed by atoms with van der Waals surface area (Å²) in [4.78, 5) is 24.3. The van der Waals surface area contributed by atoms with Crippen LogP contribution in [0.4, 0.5) is 4.79 Å². The van der Waals surface area contributed by atoms with E-state index in [4.69, 9.17) is 9.47 Å². The van der Waals surface area contributed by atoms with Gasteiger partial charge in [0.2, 0.25) is 0 Å². The number of thioether (sulfide) groups is 1. The van der Waals surface area contributed by atoms with Gasteiger partial charge in [-0.05, 0) is 52.3 Å². The molecule has 1 amide bonds. The summed E-state index contributed by atoms with van der Waals surface area (Å²) in [5, 5.41) is 2.65. The lowest BCUT2D eigenvalue weighted by atomic mass is 10.0. The molecule has 5 nitrogen and oxygen atoms in total. The van der Waals surface area contributed by atoms with Gasteiger partial charge in [0.25, 0.3) is 0 Å². The van der Waals surface area contributed by atoms with Crippen molar-refractivity contribution in [3.63, 3.8) is 0 Å². The van der Waals surface area contributed by atoms with Crippen molar-refractivity contribution in [3.8, 4) is 0 Å². The van der Waals surface area contributed by atoms with Crippen LogP contribution < -0.4 is 5.32 Å². The largest absolute Gasteiger partial charge is 0.467 e. The highest BCUT2D eigenvalue weighted by molar-refractivity contribution is 9.10. The van der Waals surface area contributed by atoms with Crippen LogP contribution in [0.1, 0.15) is 40.2 Å². The second-order valence-corrected chi connectivity index (χ2v) is 9.67. The molecule has 0 aliphatic carbocycles. The van der Waals surface area contributed by atoms with Crippen LogP contribution in [0.25, 0.3) is 0 Å². The number of methoxy groups -OCH3 is 1. The minimum atomic E-state index is -0.826. The zero-order valence-corrected chi connectivity index (χ0v) is 17.9. The Kier molecular flexibility index (Phi) is 7.81. The number of rotatable bonds is 6. The molecule has 0 aromatic heterocycles. The first-order valence-electron chi connectivity index (χ1n) is 7.90. The average Bonchev–Trinajstić information content (AvgIpc) is 2.49. The van der Waals surface area contributed by atoms with E-state index in [9.17, 15) is 9.59 Å². The number of carbonyl (C=O) groups is 2. The molecule has 0 radical (unpaired) electrons. The highest BCUT2D eigenvalue weighted by Crippen LogP contribution is 2.32. The number of carbonyl (C=O) groups excluding carboxylic acids is 2. The van der Waals surface area contributed by atoms with Crippen molar-refractivity contribution >= 4 is 39.8 Å². The van der Waals surface area contributed by atoms with Crippen molar-refractivity contribution in [3.05, 3.63) is 34.3 Å². The van der Waals surface area contributed by atoms with E-state index in [0.717, 1.165) is 10.0 Å². The standard InChI is InChI=1S/C18H26BrNO4S/c1-17(2,3)24-16(22)20-14(15(21)23-6)18(4,5)25-11-12-7-9-13(19)10-8-12/h7-10,14H,11H2,1-6H3,(H,20,22). The van der Waals surface area contributed by atoms with Crippen LogP contribution in [0.5, 0.6) is 0 Å². The van der Waals surface area contributed by atoms with Crippen LogP contribution in [-0.2, 0) is 20.0 Å². The summed E-state index contributed by atoms with van der Waals surface area (Å²) in [6.45, 7) is 9.11. The molecule has 25 heavy (non-hydrogen) atoms. The third kappa shape index (κ3) is 7.69. The SMILES string of the molecule is COC(=O)C(NC(=O)OC(C)(C)C)C(C)(C)SCc1ccc(Br)cc1. The maximum absolute atomic E-state index is 12.2. The fraction of sp³-hybridized carbons (Fsp3) is 0.556. The summed E-state index contributed by atoms with van der Waals surface area (Å²) in [5.41, 5.74) is 0.488. The van der Waals surface area contributed by atoms with Gasteiger partial charge in [0.05, 0.1) is 7.11 Å². The number of alkyl carbamates (subject to hydrolysis) is 1. The zero-order chi connectivity index (χ0) is 19.3. The summed E-state index contributed by atoms with van der Waals surface area (Å²) in [6.07, 6.45) is -0.639. The topological polar surface area (TPSA) is 64.6 Å². The molecule has 0 fully saturated rings. The summed E-state index contributed by atoms with van der Waals surface area (Å²) in [7, 11) is 1.31. The average molecular weight is 432 g/mol. The minimum Gasteiger partial charge on any atom is -0.467 e. The molecule has 0 aliphatic rings. The van der Waals surface area contributed by atoms with Gasteiger partial charge in [-0.3, -0.25) is 0 Å². The van der Waals surface area contributed by atoms with Crippen molar-refractivity contribution in [1.29, 1.82) is 0 Å². The molecule has 1 unspecified atom stereocenters. The smallest absolute Gasteiger partial charge is 0.408 e. The van der Waals surface area contributed by atoms with E-state index in [1.165, 1.54) is 7.11 Å². The molecular weight excluding hydrogens is 406 g/mol. The number of hydrogen-bond donors (Lipinski definition) is 1. The number of benzene rings is 1. The van der Waals surface area contributed by atoms with Crippen LogP contribution in [0.3, 0.4) is 0 Å². The molecule has 1 rings (SSSR count). The predicted molar refractivity (Wildman–Crippen MR) is 105 cm³/mol. The van der Waals surface area contributed by atoms with Gasteiger partial charge in [0, 0.05) is 15.0 Å². The molecule has 1 N–H and O–H groups in total. The highest BCUT2D eigenvalue weighted by atomic mass is 79.9. The summed E-state index contributed by atoms with van der Waals surface area (Å²) >= 11 is 4.97. The quantitative estimate of drug-likeness (QED) is 0.670. The Bertz CT molecular complexity index is 596. The molecule has 1 aromatic rings. The monoisotopic (exact) mass is 431 g/mol. The third-order valence-corrected chi connectivity index (χ3v) is 5.30. The Balaban J connectivity index is 2.82. The molecule has 0 spiro atoms. The van der Waals surface area contributed by atoms with E-state index < -0.39 is 28.5 Å². The maximum atomic E-state index is 12.2. The summed E-state index contributed by atoms with van der Waals surface area (Å²) in [6, 6.07) is 7.15. The summed E-state index contributed by atoms with van der Waals surface area (Å²) in [5.74, 6) is 0.197. The number of hydrogen-bond acceptors (Lipinski definition) is 5. The molecule has 140 valence electrons. The van der Waals surface area contributed by atoms with Gasteiger partial charge in [-0.2, -0.15) is 0 Å². The van der Waals surface area contributed by atoms with Gasteiger partial charge in [0.1, 0.15) is 11.6 Å². The lowest BCUT2D eigenvalue weighted by Crippen LogP contribution is -2.54. The molecule has 1 atom stereocenters. The molecule has 0 saturated heterocycles. The van der Waals surface area contributed by atoms with Crippen LogP contribution in [0.2, 0.25) is 0 Å². The third-order valence-electron chi connectivity index (χ3n) is 3.32. The number of esters is 1. The van der Waals surface area contributed by atoms with Crippen LogP contribution in [0, 0.1) is 0 Å². The highest BCUT2D eigenvalue weighted by Gasteiger charge is 2.38. The van der Waals surface area contributed by atoms with E-state index in [1.807, 2.05) is 38.1 Å². The Morgan fingerprint density at radius 3 is 2.20 bits per heavy atom. The first-order valence-corrected chi connectivity index (χ1v) is 9.68. The summed E-state index contributed by atoms with van der Waals surface area (Å²) < 4.78 is 10.6. The van der Waals surface area contributed by atoms with Gasteiger partial charge in [-0.15, -0.1) is 11.8 Å². The lowest BCUT2D eigenvalue weighted by Gasteiger charge is -2.33. The van der Waals surface area contributed by atoms with Crippen molar-refractivity contribution < 1.29 is 19.1 Å². The first-order chi connectivity index (χ1) is 11.4. The Hall–Kier alpha value is -1.21. The molecule has 0 saturated carbocycles. The number of halogens is 1. The second-order valence-electron chi connectivity index (χ2n) is 7.12. The van der Waals surface area contributed by atoms with Gasteiger partial charge in [-0.25, -0.2) is 9.59 Å². The van der Waals surface area contributed by atoms with Crippen molar-refractivity contribution in [2.24, 2.45) is 0 Å². The number of ether oxygens (including phenoxy) is 2. The van der Waals surface area contributed by atoms with Gasteiger partial charge >= 0.3 is 12.1 Å². The minimum absolute atomic E-state index is 0.501. The van der Waals surface area contributed by atoms with E-state index >= 15 is 0 Å². The fourth-order valence-electron chi connectivity index (χ4n) is 1.99. The molecule has 7 heteroatoms. The molecule has 0 bridgehead atoms. The number of nitrogens with one attached hydrogen (secondary N) is 1. The van der Waals surface area contributed by atoms with Gasteiger partial charge in [-0.1, -0.05) is 28.1 Å². The normalized spacial score (nSPS) is 13.1. The van der Waals surface area contributed by atoms with E-state index in [0.29, 0.717) is 5.75 Å². The zero-order valence-electron chi connectivity index (χ0n) is 15.5. The van der Waals surface area contributed by atoms with Crippen LogP contribution >= 0.6 is 27.7 Å². The van der Waals surface area contributed by atoms with Crippen molar-refractivity contribution in [2.45, 2.75) is 56.8 Å². The Morgan fingerprint density at radius 2 is 1.72 bits per heavy atom.